The number of aromatic nitrogens is 1. The maximum atomic E-state index is 13.3. The van der Waals surface area contributed by atoms with Gasteiger partial charge in [-0.1, -0.05) is 30.3 Å². The molecule has 0 bridgehead atoms. The van der Waals surface area contributed by atoms with E-state index in [0.29, 0.717) is 36.0 Å². The highest BCUT2D eigenvalue weighted by atomic mass is 32.1. The lowest BCUT2D eigenvalue weighted by molar-refractivity contribution is 0.0944. The van der Waals surface area contributed by atoms with Crippen LogP contribution in [0.15, 0.2) is 30.3 Å². The van der Waals surface area contributed by atoms with Gasteiger partial charge in [-0.3, -0.25) is 9.59 Å². The first-order valence-corrected chi connectivity index (χ1v) is 13.1. The predicted molar refractivity (Wildman–Crippen MR) is 135 cm³/mol. The fourth-order valence-electron chi connectivity index (χ4n) is 4.03. The molecule has 1 aliphatic rings. The Bertz CT molecular complexity index is 1120. The number of fused-ring (bicyclic) bond motifs is 1. The number of thiazole rings is 1. The van der Waals surface area contributed by atoms with Crippen LogP contribution in [-0.2, 0) is 17.6 Å². The van der Waals surface area contributed by atoms with Crippen LogP contribution in [0.2, 0.25) is 0 Å². The van der Waals surface area contributed by atoms with Crippen molar-refractivity contribution in [1.82, 2.24) is 10.3 Å². The Hall–Kier alpha value is -2.55. The van der Waals surface area contributed by atoms with Crippen LogP contribution >= 0.6 is 22.7 Å². The van der Waals surface area contributed by atoms with Crippen molar-refractivity contribution in [3.8, 4) is 10.4 Å². The highest BCUT2D eigenvalue weighted by Gasteiger charge is 2.28. The lowest BCUT2D eigenvalue weighted by Gasteiger charge is -2.13. The molecule has 174 valence electrons. The number of nitrogens with one attached hydrogen (secondary N) is 2. The zero-order chi connectivity index (χ0) is 23.2. The van der Waals surface area contributed by atoms with Crippen LogP contribution in [0.25, 0.3) is 10.4 Å². The predicted octanol–water partition coefficient (Wildman–Crippen LogP) is 5.47. The van der Waals surface area contributed by atoms with Crippen molar-refractivity contribution < 1.29 is 14.3 Å². The van der Waals surface area contributed by atoms with Crippen molar-refractivity contribution in [2.75, 3.05) is 25.1 Å². The summed E-state index contributed by atoms with van der Waals surface area (Å²) in [6.07, 6.45) is 4.75. The summed E-state index contributed by atoms with van der Waals surface area (Å²) in [4.78, 5) is 33.0. The van der Waals surface area contributed by atoms with E-state index >= 15 is 0 Å². The van der Waals surface area contributed by atoms with E-state index in [4.69, 9.17) is 4.74 Å². The number of carbonyl (C=O) groups excluding carboxylic acids is 2. The first-order chi connectivity index (χ1) is 16.1. The summed E-state index contributed by atoms with van der Waals surface area (Å²) in [6, 6.07) is 9.82. The first-order valence-electron chi connectivity index (χ1n) is 11.4. The summed E-state index contributed by atoms with van der Waals surface area (Å²) < 4.78 is 5.36. The van der Waals surface area contributed by atoms with Gasteiger partial charge in [0.2, 0.25) is 0 Å². The van der Waals surface area contributed by atoms with Gasteiger partial charge >= 0.3 is 0 Å². The highest BCUT2D eigenvalue weighted by molar-refractivity contribution is 7.17. The average Bonchev–Trinajstić information content (AvgIpc) is 3.39. The number of amides is 2. The molecule has 1 aromatic carbocycles. The van der Waals surface area contributed by atoms with Gasteiger partial charge in [0, 0.05) is 24.6 Å². The molecule has 0 aliphatic heterocycles. The van der Waals surface area contributed by atoms with Crippen molar-refractivity contribution in [1.29, 1.82) is 0 Å². The summed E-state index contributed by atoms with van der Waals surface area (Å²) in [5, 5.41) is 7.50. The standard InChI is InChI=1S/C25H29N3O3S2/c1-3-31-15-9-14-26-23(29)20-18-12-7-8-13-19(18)33-25(20)28-24(30)21-22(32-16(2)27-21)17-10-5-4-6-11-17/h4-6,10-11H,3,7-9,12-15H2,1-2H3,(H,26,29)(H,28,30). The molecule has 0 atom stereocenters. The van der Waals surface area contributed by atoms with Crippen LogP contribution < -0.4 is 10.6 Å². The van der Waals surface area contributed by atoms with Gasteiger partial charge in [-0.25, -0.2) is 4.98 Å². The molecule has 2 amide bonds. The fraction of sp³-hybridized carbons (Fsp3) is 0.400. The molecule has 0 radical (unpaired) electrons. The molecular weight excluding hydrogens is 454 g/mol. The van der Waals surface area contributed by atoms with Gasteiger partial charge in [0.25, 0.3) is 11.8 Å². The van der Waals surface area contributed by atoms with Crippen molar-refractivity contribution in [2.45, 2.75) is 46.0 Å². The van der Waals surface area contributed by atoms with Gasteiger partial charge in [0.15, 0.2) is 0 Å². The molecule has 0 saturated heterocycles. The Labute approximate surface area is 202 Å². The topological polar surface area (TPSA) is 80.3 Å². The molecule has 2 heterocycles. The lowest BCUT2D eigenvalue weighted by Crippen LogP contribution is -2.27. The number of rotatable bonds is 9. The second-order valence-electron chi connectivity index (χ2n) is 7.95. The first kappa shape index (κ1) is 23.6. The SMILES string of the molecule is CCOCCCNC(=O)c1c(NC(=O)c2nc(C)sc2-c2ccccc2)sc2c1CCCC2. The zero-order valence-corrected chi connectivity index (χ0v) is 20.7. The summed E-state index contributed by atoms with van der Waals surface area (Å²) in [5.41, 5.74) is 3.07. The van der Waals surface area contributed by atoms with Crippen molar-refractivity contribution >= 4 is 39.5 Å². The molecule has 33 heavy (non-hydrogen) atoms. The summed E-state index contributed by atoms with van der Waals surface area (Å²) in [5.74, 6) is -0.402. The molecule has 2 N–H and O–H groups in total. The number of carbonyl (C=O) groups is 2. The monoisotopic (exact) mass is 483 g/mol. The fourth-order valence-corrected chi connectivity index (χ4v) is 6.23. The smallest absolute Gasteiger partial charge is 0.276 e. The third-order valence-corrected chi connectivity index (χ3v) is 7.79. The van der Waals surface area contributed by atoms with E-state index < -0.39 is 0 Å². The quantitative estimate of drug-likeness (QED) is 0.396. The molecule has 0 saturated carbocycles. The zero-order valence-electron chi connectivity index (χ0n) is 19.0. The van der Waals surface area contributed by atoms with E-state index in [1.807, 2.05) is 44.2 Å². The van der Waals surface area contributed by atoms with E-state index in [-0.39, 0.29) is 11.8 Å². The molecular formula is C25H29N3O3S2. The minimum Gasteiger partial charge on any atom is -0.382 e. The second kappa shape index (κ2) is 11.0. The van der Waals surface area contributed by atoms with E-state index in [9.17, 15) is 9.59 Å². The Morgan fingerprint density at radius 2 is 1.88 bits per heavy atom. The van der Waals surface area contributed by atoms with Crippen molar-refractivity contribution in [3.63, 3.8) is 0 Å². The van der Waals surface area contributed by atoms with Crippen LogP contribution in [0.1, 0.15) is 62.5 Å². The van der Waals surface area contributed by atoms with Crippen LogP contribution in [0, 0.1) is 6.92 Å². The minimum absolute atomic E-state index is 0.126. The number of hydrogen-bond acceptors (Lipinski definition) is 6. The maximum absolute atomic E-state index is 13.3. The van der Waals surface area contributed by atoms with Gasteiger partial charge in [-0.2, -0.15) is 0 Å². The third-order valence-electron chi connectivity index (χ3n) is 5.57. The molecule has 0 fully saturated rings. The van der Waals surface area contributed by atoms with Crippen molar-refractivity contribution in [3.05, 3.63) is 57.0 Å². The maximum Gasteiger partial charge on any atom is 0.276 e. The van der Waals surface area contributed by atoms with Gasteiger partial charge in [0.1, 0.15) is 10.7 Å². The molecule has 2 aromatic heterocycles. The number of aryl methyl sites for hydroxylation is 2. The number of thiophene rings is 1. The summed E-state index contributed by atoms with van der Waals surface area (Å²) >= 11 is 3.03. The largest absolute Gasteiger partial charge is 0.382 e. The molecule has 0 spiro atoms. The van der Waals surface area contributed by atoms with Gasteiger partial charge in [-0.15, -0.1) is 22.7 Å². The number of benzene rings is 1. The molecule has 1 aliphatic carbocycles. The third kappa shape index (κ3) is 5.51. The number of hydrogen-bond donors (Lipinski definition) is 2. The highest BCUT2D eigenvalue weighted by Crippen LogP contribution is 2.39. The van der Waals surface area contributed by atoms with Gasteiger partial charge in [-0.05, 0) is 57.1 Å². The molecule has 8 heteroatoms. The molecule has 0 unspecified atom stereocenters. The Balaban J connectivity index is 1.58. The molecule has 6 nitrogen and oxygen atoms in total. The van der Waals surface area contributed by atoms with E-state index in [1.165, 1.54) is 27.6 Å². The normalized spacial score (nSPS) is 12.9. The van der Waals surface area contributed by atoms with Crippen LogP contribution in [0.4, 0.5) is 5.00 Å². The van der Waals surface area contributed by atoms with E-state index in [1.54, 1.807) is 0 Å². The van der Waals surface area contributed by atoms with E-state index in [0.717, 1.165) is 53.1 Å². The van der Waals surface area contributed by atoms with Gasteiger partial charge < -0.3 is 15.4 Å². The summed E-state index contributed by atoms with van der Waals surface area (Å²) in [6.45, 7) is 5.69. The number of anilines is 1. The lowest BCUT2D eigenvalue weighted by atomic mass is 9.95. The van der Waals surface area contributed by atoms with Gasteiger partial charge in [0.05, 0.1) is 15.4 Å². The number of ether oxygens (including phenoxy) is 1. The van der Waals surface area contributed by atoms with Crippen LogP contribution in [-0.4, -0.2) is 36.6 Å². The van der Waals surface area contributed by atoms with E-state index in [2.05, 4.69) is 15.6 Å². The van der Waals surface area contributed by atoms with Crippen LogP contribution in [0.5, 0.6) is 0 Å². The molecule has 4 rings (SSSR count). The average molecular weight is 484 g/mol. The Morgan fingerprint density at radius 3 is 2.67 bits per heavy atom. The number of nitrogens with zero attached hydrogens (tertiary/aromatic N) is 1. The van der Waals surface area contributed by atoms with Crippen LogP contribution in [0.3, 0.4) is 0 Å². The van der Waals surface area contributed by atoms with Crippen molar-refractivity contribution in [2.24, 2.45) is 0 Å². The Kier molecular flexibility index (Phi) is 7.90. The summed E-state index contributed by atoms with van der Waals surface area (Å²) in [7, 11) is 0. The molecule has 3 aromatic rings. The Morgan fingerprint density at radius 1 is 1.09 bits per heavy atom. The minimum atomic E-state index is -0.276. The second-order valence-corrected chi connectivity index (χ2v) is 10.3.